The zero-order valence-corrected chi connectivity index (χ0v) is 19.5. The van der Waals surface area contributed by atoms with Gasteiger partial charge in [-0.25, -0.2) is 9.97 Å². The standard InChI is InChI=1S/C20H28N6O2S2/c1-5-25(6-2)11-15(27)23-19-21-13-9-10-14-18(17(13)29-19)30-20(22-14)24-16(28)12-26(7-3)8-4/h9-10H,5-8,11-12H2,1-4H3,(H,21,23,27)(H,22,24,28). The third-order valence-electron chi connectivity index (χ3n) is 4.93. The number of anilines is 2. The first-order chi connectivity index (χ1) is 14.5. The number of hydrogen-bond acceptors (Lipinski definition) is 8. The lowest BCUT2D eigenvalue weighted by Crippen LogP contribution is -2.32. The van der Waals surface area contributed by atoms with Crippen molar-refractivity contribution in [2.75, 3.05) is 49.9 Å². The van der Waals surface area contributed by atoms with Crippen molar-refractivity contribution in [3.05, 3.63) is 12.1 Å². The first kappa shape index (κ1) is 22.5. The average Bonchev–Trinajstić information content (AvgIpc) is 3.32. The summed E-state index contributed by atoms with van der Waals surface area (Å²) in [5, 5.41) is 6.97. The van der Waals surface area contributed by atoms with Crippen LogP contribution in [0.25, 0.3) is 20.4 Å². The number of thiazole rings is 2. The van der Waals surface area contributed by atoms with Gasteiger partial charge in [-0.15, -0.1) is 0 Å². The molecule has 0 unspecified atom stereocenters. The number of likely N-dealkylation sites (N-methyl/N-ethyl adjacent to an activating group) is 2. The van der Waals surface area contributed by atoms with Crippen LogP contribution in [-0.4, -0.2) is 70.9 Å². The van der Waals surface area contributed by atoms with E-state index in [0.717, 1.165) is 46.6 Å². The molecule has 0 saturated carbocycles. The first-order valence-corrected chi connectivity index (χ1v) is 11.8. The van der Waals surface area contributed by atoms with Crippen molar-refractivity contribution < 1.29 is 9.59 Å². The Morgan fingerprint density at radius 1 is 0.767 bits per heavy atom. The molecule has 3 rings (SSSR count). The van der Waals surface area contributed by atoms with E-state index < -0.39 is 0 Å². The third kappa shape index (κ3) is 5.31. The van der Waals surface area contributed by atoms with E-state index in [9.17, 15) is 9.59 Å². The first-order valence-electron chi connectivity index (χ1n) is 10.2. The van der Waals surface area contributed by atoms with Crippen molar-refractivity contribution in [1.29, 1.82) is 0 Å². The van der Waals surface area contributed by atoms with Crippen LogP contribution in [-0.2, 0) is 9.59 Å². The van der Waals surface area contributed by atoms with E-state index in [1.807, 2.05) is 39.8 Å². The number of nitrogens with zero attached hydrogens (tertiary/aromatic N) is 4. The number of hydrogen-bond donors (Lipinski definition) is 2. The lowest BCUT2D eigenvalue weighted by atomic mass is 10.3. The Labute approximate surface area is 184 Å². The van der Waals surface area contributed by atoms with Gasteiger partial charge in [-0.3, -0.25) is 19.4 Å². The number of aromatic nitrogens is 2. The molecular weight excluding hydrogens is 420 g/mol. The summed E-state index contributed by atoms with van der Waals surface area (Å²) >= 11 is 2.87. The topological polar surface area (TPSA) is 90.5 Å². The molecule has 0 aliphatic rings. The van der Waals surface area contributed by atoms with E-state index >= 15 is 0 Å². The summed E-state index contributed by atoms with van der Waals surface area (Å²) in [7, 11) is 0. The Bertz CT molecular complexity index is 942. The molecule has 0 fully saturated rings. The average molecular weight is 449 g/mol. The maximum absolute atomic E-state index is 12.3. The summed E-state index contributed by atoms with van der Waals surface area (Å²) in [4.78, 5) is 37.8. The minimum atomic E-state index is -0.0670. The number of nitrogens with one attached hydrogen (secondary N) is 2. The molecule has 2 heterocycles. The number of carbonyl (C=O) groups excluding carboxylic acids is 2. The van der Waals surface area contributed by atoms with E-state index in [1.165, 1.54) is 22.7 Å². The van der Waals surface area contributed by atoms with Gasteiger partial charge in [-0.1, -0.05) is 50.4 Å². The van der Waals surface area contributed by atoms with Crippen LogP contribution in [0.4, 0.5) is 10.3 Å². The lowest BCUT2D eigenvalue weighted by molar-refractivity contribution is -0.118. The van der Waals surface area contributed by atoms with Crippen molar-refractivity contribution >= 4 is 65.2 Å². The summed E-state index contributed by atoms with van der Waals surface area (Å²) < 4.78 is 1.93. The fraction of sp³-hybridized carbons (Fsp3) is 0.500. The monoisotopic (exact) mass is 448 g/mol. The molecule has 0 radical (unpaired) electrons. The molecule has 2 amide bonds. The molecule has 3 aromatic rings. The van der Waals surface area contributed by atoms with Crippen LogP contribution in [0, 0.1) is 0 Å². The van der Waals surface area contributed by atoms with Gasteiger partial charge in [0, 0.05) is 0 Å². The van der Waals surface area contributed by atoms with Gasteiger partial charge >= 0.3 is 0 Å². The van der Waals surface area contributed by atoms with Gasteiger partial charge in [0.25, 0.3) is 0 Å². The SMILES string of the molecule is CCN(CC)CC(=O)Nc1nc2ccc3nc(NC(=O)CN(CC)CC)sc3c2s1. The predicted molar refractivity (Wildman–Crippen MR) is 126 cm³/mol. The molecule has 1 aromatic carbocycles. The maximum atomic E-state index is 12.3. The number of rotatable bonds is 10. The van der Waals surface area contributed by atoms with Crippen molar-refractivity contribution in [3.63, 3.8) is 0 Å². The van der Waals surface area contributed by atoms with E-state index in [-0.39, 0.29) is 11.8 Å². The summed E-state index contributed by atoms with van der Waals surface area (Å²) in [6.07, 6.45) is 0. The van der Waals surface area contributed by atoms with Gasteiger partial charge in [-0.05, 0) is 38.3 Å². The molecule has 0 saturated heterocycles. The van der Waals surface area contributed by atoms with Crippen molar-refractivity contribution in [1.82, 2.24) is 19.8 Å². The van der Waals surface area contributed by atoms with Crippen LogP contribution < -0.4 is 10.6 Å². The Morgan fingerprint density at radius 2 is 1.13 bits per heavy atom. The summed E-state index contributed by atoms with van der Waals surface area (Å²) in [5.41, 5.74) is 1.63. The number of benzene rings is 1. The van der Waals surface area contributed by atoms with Crippen LogP contribution in [0.5, 0.6) is 0 Å². The van der Waals surface area contributed by atoms with Gasteiger partial charge in [0.05, 0.1) is 33.5 Å². The fourth-order valence-electron chi connectivity index (χ4n) is 3.10. The van der Waals surface area contributed by atoms with Crippen molar-refractivity contribution in [2.45, 2.75) is 27.7 Å². The van der Waals surface area contributed by atoms with Crippen LogP contribution in [0.3, 0.4) is 0 Å². The minimum Gasteiger partial charge on any atom is -0.301 e. The molecule has 0 atom stereocenters. The number of fused-ring (bicyclic) bond motifs is 3. The quantitative estimate of drug-likeness (QED) is 0.494. The van der Waals surface area contributed by atoms with Crippen molar-refractivity contribution in [2.24, 2.45) is 0 Å². The molecule has 2 aromatic heterocycles. The summed E-state index contributed by atoms with van der Waals surface area (Å²) in [6, 6.07) is 3.80. The molecule has 10 heteroatoms. The molecule has 2 N–H and O–H groups in total. The largest absolute Gasteiger partial charge is 0.301 e. The second-order valence-electron chi connectivity index (χ2n) is 6.82. The Kier molecular flexibility index (Phi) is 7.70. The predicted octanol–water partition coefficient (Wildman–Crippen LogP) is 3.47. The van der Waals surface area contributed by atoms with E-state index in [1.54, 1.807) is 0 Å². The molecule has 162 valence electrons. The van der Waals surface area contributed by atoms with E-state index in [2.05, 4.69) is 30.4 Å². The summed E-state index contributed by atoms with van der Waals surface area (Å²) in [5.74, 6) is -0.134. The second-order valence-corrected chi connectivity index (χ2v) is 8.82. The highest BCUT2D eigenvalue weighted by atomic mass is 32.1. The Hall–Kier alpha value is -2.14. The van der Waals surface area contributed by atoms with Gasteiger partial charge in [0.15, 0.2) is 10.3 Å². The van der Waals surface area contributed by atoms with E-state index in [4.69, 9.17) is 0 Å². The highest BCUT2D eigenvalue weighted by Gasteiger charge is 2.16. The Morgan fingerprint density at radius 3 is 1.47 bits per heavy atom. The highest BCUT2D eigenvalue weighted by molar-refractivity contribution is 7.30. The molecular formula is C20H28N6O2S2. The minimum absolute atomic E-state index is 0.0670. The molecule has 30 heavy (non-hydrogen) atoms. The lowest BCUT2D eigenvalue weighted by Gasteiger charge is -2.16. The molecule has 8 nitrogen and oxygen atoms in total. The fourth-order valence-corrected chi connectivity index (χ4v) is 5.18. The molecule has 0 aliphatic carbocycles. The van der Waals surface area contributed by atoms with Gasteiger partial charge in [0.2, 0.25) is 11.8 Å². The highest BCUT2D eigenvalue weighted by Crippen LogP contribution is 2.37. The van der Waals surface area contributed by atoms with E-state index in [0.29, 0.717) is 23.4 Å². The zero-order chi connectivity index (χ0) is 21.7. The third-order valence-corrected chi connectivity index (χ3v) is 7.07. The number of carbonyl (C=O) groups is 2. The molecule has 0 spiro atoms. The van der Waals surface area contributed by atoms with Crippen LogP contribution in [0.2, 0.25) is 0 Å². The van der Waals surface area contributed by atoms with Crippen LogP contribution >= 0.6 is 22.7 Å². The smallest absolute Gasteiger partial charge is 0.240 e. The van der Waals surface area contributed by atoms with Gasteiger partial charge in [0.1, 0.15) is 0 Å². The zero-order valence-electron chi connectivity index (χ0n) is 17.8. The van der Waals surface area contributed by atoms with Crippen LogP contribution in [0.15, 0.2) is 12.1 Å². The molecule has 0 aliphatic heterocycles. The Balaban J connectivity index is 1.76. The van der Waals surface area contributed by atoms with Crippen molar-refractivity contribution in [3.8, 4) is 0 Å². The maximum Gasteiger partial charge on any atom is 0.240 e. The molecule has 0 bridgehead atoms. The van der Waals surface area contributed by atoms with Gasteiger partial charge < -0.3 is 10.6 Å². The normalized spacial score (nSPS) is 11.7. The summed E-state index contributed by atoms with van der Waals surface area (Å²) in [6.45, 7) is 12.1. The second kappa shape index (κ2) is 10.3. The number of amides is 2. The van der Waals surface area contributed by atoms with Crippen LogP contribution in [0.1, 0.15) is 27.7 Å². The van der Waals surface area contributed by atoms with Gasteiger partial charge in [-0.2, -0.15) is 0 Å².